The van der Waals surface area contributed by atoms with Crippen molar-refractivity contribution in [3.05, 3.63) is 78.1 Å². The number of carbonyl (C=O) groups is 2. The van der Waals surface area contributed by atoms with Crippen molar-refractivity contribution in [2.45, 2.75) is 11.3 Å². The number of nitrogens with zero attached hydrogens (tertiary/aromatic N) is 2. The molecule has 2 amide bonds. The standard InChI is InChI=1S/C20H20N4O2S/c21-19(25)14-27-18-5-2-1-4-17(18)20(26)22-12-10-15-6-8-16(9-7-15)24-13-3-11-23-24/h1-9,11,13H,10,12,14H2,(H2,21,25)(H,22,26). The molecule has 0 unspecified atom stereocenters. The van der Waals surface area contributed by atoms with Crippen LogP contribution in [0.25, 0.3) is 5.69 Å². The van der Waals surface area contributed by atoms with Crippen molar-refractivity contribution in [1.82, 2.24) is 15.1 Å². The fraction of sp³-hybridized carbons (Fsp3) is 0.150. The summed E-state index contributed by atoms with van der Waals surface area (Å²) in [5.74, 6) is -0.420. The van der Waals surface area contributed by atoms with E-state index in [9.17, 15) is 9.59 Å². The fourth-order valence-electron chi connectivity index (χ4n) is 2.58. The molecule has 1 heterocycles. The molecule has 0 atom stereocenters. The molecule has 0 aliphatic rings. The van der Waals surface area contributed by atoms with Crippen LogP contribution in [0.2, 0.25) is 0 Å². The third-order valence-electron chi connectivity index (χ3n) is 3.91. The van der Waals surface area contributed by atoms with Gasteiger partial charge in [0.15, 0.2) is 0 Å². The molecule has 0 radical (unpaired) electrons. The van der Waals surface area contributed by atoms with Crippen molar-refractivity contribution in [2.24, 2.45) is 5.73 Å². The number of benzene rings is 2. The fourth-order valence-corrected chi connectivity index (χ4v) is 3.37. The highest BCUT2D eigenvalue weighted by molar-refractivity contribution is 8.00. The summed E-state index contributed by atoms with van der Waals surface area (Å²) < 4.78 is 1.80. The molecular weight excluding hydrogens is 360 g/mol. The Morgan fingerprint density at radius 1 is 1.07 bits per heavy atom. The summed E-state index contributed by atoms with van der Waals surface area (Å²) in [5, 5.41) is 7.13. The Bertz CT molecular complexity index is 908. The van der Waals surface area contributed by atoms with Crippen molar-refractivity contribution in [3.8, 4) is 5.69 Å². The first-order valence-corrected chi connectivity index (χ1v) is 9.49. The van der Waals surface area contributed by atoms with Gasteiger partial charge in [-0.3, -0.25) is 9.59 Å². The smallest absolute Gasteiger partial charge is 0.252 e. The van der Waals surface area contributed by atoms with E-state index in [1.807, 2.05) is 48.7 Å². The monoisotopic (exact) mass is 380 g/mol. The molecule has 0 spiro atoms. The Morgan fingerprint density at radius 3 is 2.56 bits per heavy atom. The zero-order chi connectivity index (χ0) is 19.1. The van der Waals surface area contributed by atoms with E-state index < -0.39 is 5.91 Å². The van der Waals surface area contributed by atoms with Crippen LogP contribution in [0.3, 0.4) is 0 Å². The summed E-state index contributed by atoms with van der Waals surface area (Å²) in [6, 6.07) is 17.1. The lowest BCUT2D eigenvalue weighted by molar-refractivity contribution is -0.115. The third-order valence-corrected chi connectivity index (χ3v) is 5.00. The van der Waals surface area contributed by atoms with E-state index in [4.69, 9.17) is 5.73 Å². The van der Waals surface area contributed by atoms with Gasteiger partial charge in [-0.1, -0.05) is 24.3 Å². The second-order valence-corrected chi connectivity index (χ2v) is 6.89. The number of aromatic nitrogens is 2. The number of thioether (sulfide) groups is 1. The maximum absolute atomic E-state index is 12.5. The highest BCUT2D eigenvalue weighted by atomic mass is 32.2. The largest absolute Gasteiger partial charge is 0.369 e. The molecule has 1 aromatic heterocycles. The van der Waals surface area contributed by atoms with Gasteiger partial charge in [0.25, 0.3) is 5.91 Å². The second kappa shape index (κ2) is 9.05. The van der Waals surface area contributed by atoms with Crippen LogP contribution in [-0.2, 0) is 11.2 Å². The Labute approximate surface area is 161 Å². The van der Waals surface area contributed by atoms with Crippen LogP contribution in [0.4, 0.5) is 0 Å². The van der Waals surface area contributed by atoms with Crippen molar-refractivity contribution in [1.29, 1.82) is 0 Å². The molecule has 3 rings (SSSR count). The van der Waals surface area contributed by atoms with Gasteiger partial charge in [-0.2, -0.15) is 5.10 Å². The number of hydrogen-bond donors (Lipinski definition) is 2. The van der Waals surface area contributed by atoms with Gasteiger partial charge in [0.2, 0.25) is 5.91 Å². The predicted octanol–water partition coefficient (Wildman–Crippen LogP) is 2.42. The van der Waals surface area contributed by atoms with Gasteiger partial charge in [0.05, 0.1) is 17.0 Å². The van der Waals surface area contributed by atoms with Crippen LogP contribution < -0.4 is 11.1 Å². The topological polar surface area (TPSA) is 90.0 Å². The van der Waals surface area contributed by atoms with Gasteiger partial charge in [-0.05, 0) is 42.3 Å². The van der Waals surface area contributed by atoms with E-state index in [2.05, 4.69) is 10.4 Å². The molecule has 6 nitrogen and oxygen atoms in total. The molecule has 0 bridgehead atoms. The minimum Gasteiger partial charge on any atom is -0.369 e. The molecule has 138 valence electrons. The summed E-state index contributed by atoms with van der Waals surface area (Å²) in [5.41, 5.74) is 7.86. The van der Waals surface area contributed by atoms with Crippen molar-refractivity contribution in [3.63, 3.8) is 0 Å². The molecular formula is C20H20N4O2S. The number of nitrogens with two attached hydrogens (primary N) is 1. The molecule has 0 saturated heterocycles. The first-order valence-electron chi connectivity index (χ1n) is 8.51. The van der Waals surface area contributed by atoms with Gasteiger partial charge in [0.1, 0.15) is 0 Å². The molecule has 7 heteroatoms. The Morgan fingerprint density at radius 2 is 1.85 bits per heavy atom. The van der Waals surface area contributed by atoms with Gasteiger partial charge in [-0.15, -0.1) is 11.8 Å². The van der Waals surface area contributed by atoms with Crippen molar-refractivity contribution >= 4 is 23.6 Å². The highest BCUT2D eigenvalue weighted by Gasteiger charge is 2.11. The minimum atomic E-state index is -0.409. The van der Waals surface area contributed by atoms with Crippen LogP contribution >= 0.6 is 11.8 Å². The van der Waals surface area contributed by atoms with E-state index in [0.717, 1.165) is 22.6 Å². The number of amides is 2. The van der Waals surface area contributed by atoms with Gasteiger partial charge >= 0.3 is 0 Å². The summed E-state index contributed by atoms with van der Waals surface area (Å²) in [6.07, 6.45) is 4.35. The highest BCUT2D eigenvalue weighted by Crippen LogP contribution is 2.22. The van der Waals surface area contributed by atoms with Crippen molar-refractivity contribution < 1.29 is 9.59 Å². The zero-order valence-corrected chi connectivity index (χ0v) is 15.5. The number of hydrogen-bond acceptors (Lipinski definition) is 4. The van der Waals surface area contributed by atoms with E-state index in [-0.39, 0.29) is 11.7 Å². The zero-order valence-electron chi connectivity index (χ0n) is 14.7. The predicted molar refractivity (Wildman–Crippen MR) is 106 cm³/mol. The molecule has 2 aromatic carbocycles. The number of primary amides is 1. The summed E-state index contributed by atoms with van der Waals surface area (Å²) in [7, 11) is 0. The first-order chi connectivity index (χ1) is 13.1. The van der Waals surface area contributed by atoms with E-state index >= 15 is 0 Å². The third kappa shape index (κ3) is 5.21. The molecule has 0 aliphatic heterocycles. The molecule has 3 aromatic rings. The SMILES string of the molecule is NC(=O)CSc1ccccc1C(=O)NCCc1ccc(-n2cccn2)cc1. The summed E-state index contributed by atoms with van der Waals surface area (Å²) in [6.45, 7) is 0.523. The molecule has 0 saturated carbocycles. The average molecular weight is 380 g/mol. The Kier molecular flexibility index (Phi) is 6.27. The van der Waals surface area contributed by atoms with Crippen LogP contribution in [0.15, 0.2) is 71.9 Å². The van der Waals surface area contributed by atoms with Crippen LogP contribution in [0.1, 0.15) is 15.9 Å². The Hall–Kier alpha value is -3.06. The normalized spacial score (nSPS) is 10.5. The van der Waals surface area contributed by atoms with Crippen LogP contribution in [0.5, 0.6) is 0 Å². The number of carbonyl (C=O) groups excluding carboxylic acids is 2. The van der Waals surface area contributed by atoms with Crippen LogP contribution in [-0.4, -0.2) is 33.9 Å². The molecule has 0 aliphatic carbocycles. The van der Waals surface area contributed by atoms with Gasteiger partial charge in [0, 0.05) is 23.8 Å². The summed E-state index contributed by atoms with van der Waals surface area (Å²) in [4.78, 5) is 24.2. The van der Waals surface area contributed by atoms with Crippen molar-refractivity contribution in [2.75, 3.05) is 12.3 Å². The maximum atomic E-state index is 12.5. The van der Waals surface area contributed by atoms with E-state index in [1.165, 1.54) is 11.8 Å². The quantitative estimate of drug-likeness (QED) is 0.587. The number of rotatable bonds is 8. The second-order valence-electron chi connectivity index (χ2n) is 5.87. The molecule has 27 heavy (non-hydrogen) atoms. The first kappa shape index (κ1) is 18.7. The number of nitrogens with one attached hydrogen (secondary N) is 1. The van der Waals surface area contributed by atoms with Gasteiger partial charge in [-0.25, -0.2) is 4.68 Å². The van der Waals surface area contributed by atoms with E-state index in [1.54, 1.807) is 23.0 Å². The lowest BCUT2D eigenvalue weighted by atomic mass is 10.1. The molecule has 3 N–H and O–H groups in total. The Balaban J connectivity index is 1.54. The van der Waals surface area contributed by atoms with Gasteiger partial charge < -0.3 is 11.1 Å². The van der Waals surface area contributed by atoms with E-state index in [0.29, 0.717) is 12.1 Å². The lowest BCUT2D eigenvalue weighted by Gasteiger charge is -2.10. The maximum Gasteiger partial charge on any atom is 0.252 e. The van der Waals surface area contributed by atoms with Crippen LogP contribution in [0, 0.1) is 0 Å². The molecule has 0 fully saturated rings. The lowest BCUT2D eigenvalue weighted by Crippen LogP contribution is -2.26. The minimum absolute atomic E-state index is 0.146. The average Bonchev–Trinajstić information content (AvgIpc) is 3.22. The summed E-state index contributed by atoms with van der Waals surface area (Å²) >= 11 is 1.27.